The van der Waals surface area contributed by atoms with Crippen LogP contribution in [0.5, 0.6) is 6.01 Å². The zero-order valence-electron chi connectivity index (χ0n) is 16.3. The normalized spacial score (nSPS) is 13.1. The molecule has 0 radical (unpaired) electrons. The second-order valence-electron chi connectivity index (χ2n) is 6.91. The maximum atomic E-state index is 14.7. The summed E-state index contributed by atoms with van der Waals surface area (Å²) in [5.74, 6) is -0.857. The fourth-order valence-electron chi connectivity index (χ4n) is 3.66. The van der Waals surface area contributed by atoms with E-state index < -0.39 is 5.82 Å². The summed E-state index contributed by atoms with van der Waals surface area (Å²) in [7, 11) is 1.48. The predicted octanol–water partition coefficient (Wildman–Crippen LogP) is 3.85. The van der Waals surface area contributed by atoms with Gasteiger partial charge in [0, 0.05) is 30.4 Å². The second-order valence-corrected chi connectivity index (χ2v) is 7.32. The van der Waals surface area contributed by atoms with E-state index in [9.17, 15) is 9.18 Å². The van der Waals surface area contributed by atoms with E-state index in [2.05, 4.69) is 30.6 Å². The zero-order valence-corrected chi connectivity index (χ0v) is 17.0. The van der Waals surface area contributed by atoms with Crippen LogP contribution in [0, 0.1) is 5.82 Å². The first-order valence-electron chi connectivity index (χ1n) is 9.47. The van der Waals surface area contributed by atoms with E-state index in [1.165, 1.54) is 13.2 Å². The average Bonchev–Trinajstić information content (AvgIpc) is 3.15. The van der Waals surface area contributed by atoms with Crippen LogP contribution >= 0.6 is 11.6 Å². The first-order valence-corrected chi connectivity index (χ1v) is 9.85. The van der Waals surface area contributed by atoms with Crippen molar-refractivity contribution < 1.29 is 13.9 Å². The summed E-state index contributed by atoms with van der Waals surface area (Å²) in [4.78, 5) is 28.9. The van der Waals surface area contributed by atoms with Crippen molar-refractivity contribution in [3.63, 3.8) is 0 Å². The molecule has 0 bridgehead atoms. The van der Waals surface area contributed by atoms with E-state index in [-0.39, 0.29) is 22.6 Å². The third kappa shape index (κ3) is 3.23. The molecule has 1 aliphatic heterocycles. The molecule has 1 aromatic carbocycles. The van der Waals surface area contributed by atoms with Crippen molar-refractivity contribution in [1.29, 1.82) is 0 Å². The van der Waals surface area contributed by atoms with Gasteiger partial charge in [-0.05, 0) is 18.2 Å². The number of carbonyl (C=O) groups is 1. The molecule has 5 rings (SSSR count). The summed E-state index contributed by atoms with van der Waals surface area (Å²) in [5, 5.41) is 5.88. The lowest BCUT2D eigenvalue weighted by Crippen LogP contribution is -2.31. The third-order valence-electron chi connectivity index (χ3n) is 5.09. The SMILES string of the molecule is COc1ncc2nccc(-c3[nH]c4c(c3Nc3cccc(Cl)c3F)C(=O)NCC4)c2n1. The van der Waals surface area contributed by atoms with E-state index in [0.29, 0.717) is 46.5 Å². The number of hydrogen-bond donors (Lipinski definition) is 3. The van der Waals surface area contributed by atoms with Gasteiger partial charge in [-0.1, -0.05) is 17.7 Å². The molecule has 1 aliphatic rings. The number of rotatable bonds is 4. The number of nitrogens with one attached hydrogen (secondary N) is 3. The van der Waals surface area contributed by atoms with Gasteiger partial charge < -0.3 is 20.4 Å². The van der Waals surface area contributed by atoms with E-state index in [1.54, 1.807) is 30.6 Å². The maximum Gasteiger partial charge on any atom is 0.316 e. The van der Waals surface area contributed by atoms with Crippen LogP contribution in [0.25, 0.3) is 22.3 Å². The number of fused-ring (bicyclic) bond motifs is 2. The average molecular weight is 439 g/mol. The molecule has 0 saturated carbocycles. The summed E-state index contributed by atoms with van der Waals surface area (Å²) in [6, 6.07) is 6.60. The number of aromatic amines is 1. The molecule has 1 amide bonds. The standard InChI is InChI=1S/C21H16ClFN6O2/c1-31-21-26-9-14-17(29-21)10(5-7-24-14)18-19(15-12(27-18)6-8-25-20(15)30)28-13-4-2-3-11(22)16(13)23/h2-5,7,9,27-28H,6,8H2,1H3,(H,25,30). The lowest BCUT2D eigenvalue weighted by atomic mass is 10.0. The monoisotopic (exact) mass is 438 g/mol. The van der Waals surface area contributed by atoms with Crippen molar-refractivity contribution in [3.8, 4) is 17.3 Å². The van der Waals surface area contributed by atoms with Gasteiger partial charge in [0.25, 0.3) is 5.91 Å². The predicted molar refractivity (Wildman–Crippen MR) is 114 cm³/mol. The van der Waals surface area contributed by atoms with Crippen LogP contribution < -0.4 is 15.4 Å². The largest absolute Gasteiger partial charge is 0.467 e. The molecule has 10 heteroatoms. The summed E-state index contributed by atoms with van der Waals surface area (Å²) in [6.07, 6.45) is 3.79. The van der Waals surface area contributed by atoms with Gasteiger partial charge in [-0.15, -0.1) is 0 Å². The highest BCUT2D eigenvalue weighted by Crippen LogP contribution is 2.39. The van der Waals surface area contributed by atoms with E-state index in [1.807, 2.05) is 0 Å². The molecule has 31 heavy (non-hydrogen) atoms. The molecule has 0 saturated heterocycles. The van der Waals surface area contributed by atoms with Crippen LogP contribution in [-0.4, -0.2) is 39.5 Å². The lowest BCUT2D eigenvalue weighted by Gasteiger charge is -2.15. The number of methoxy groups -OCH3 is 1. The molecule has 3 N–H and O–H groups in total. The lowest BCUT2D eigenvalue weighted by molar-refractivity contribution is 0.0947. The highest BCUT2D eigenvalue weighted by atomic mass is 35.5. The van der Waals surface area contributed by atoms with Gasteiger partial charge in [0.2, 0.25) is 0 Å². The number of halogens is 2. The summed E-state index contributed by atoms with van der Waals surface area (Å²) in [6.45, 7) is 0.504. The van der Waals surface area contributed by atoms with Gasteiger partial charge >= 0.3 is 6.01 Å². The van der Waals surface area contributed by atoms with Crippen LogP contribution in [0.15, 0.2) is 36.7 Å². The second kappa shape index (κ2) is 7.51. The Morgan fingerprint density at radius 2 is 2.13 bits per heavy atom. The van der Waals surface area contributed by atoms with Crippen molar-refractivity contribution in [2.45, 2.75) is 6.42 Å². The number of aromatic nitrogens is 4. The van der Waals surface area contributed by atoms with Crippen LogP contribution in [0.3, 0.4) is 0 Å². The molecule has 0 fully saturated rings. The van der Waals surface area contributed by atoms with Gasteiger partial charge in [0.05, 0.1) is 41.0 Å². The molecule has 0 aliphatic carbocycles. The number of pyridine rings is 1. The molecular weight excluding hydrogens is 423 g/mol. The Morgan fingerprint density at radius 3 is 2.97 bits per heavy atom. The Hall–Kier alpha value is -3.72. The minimum atomic E-state index is -0.607. The molecule has 0 atom stereocenters. The maximum absolute atomic E-state index is 14.7. The number of benzene rings is 1. The van der Waals surface area contributed by atoms with Crippen LogP contribution in [0.2, 0.25) is 5.02 Å². The molecule has 0 spiro atoms. The van der Waals surface area contributed by atoms with Gasteiger partial charge in [-0.2, -0.15) is 4.98 Å². The van der Waals surface area contributed by atoms with Crippen molar-refractivity contribution in [1.82, 2.24) is 25.3 Å². The Morgan fingerprint density at radius 1 is 1.26 bits per heavy atom. The summed E-state index contributed by atoms with van der Waals surface area (Å²) < 4.78 is 19.8. The molecule has 4 heterocycles. The first kappa shape index (κ1) is 19.3. The Labute approximate surface area is 180 Å². The van der Waals surface area contributed by atoms with E-state index in [4.69, 9.17) is 16.3 Å². The fourth-order valence-corrected chi connectivity index (χ4v) is 3.84. The number of amides is 1. The van der Waals surface area contributed by atoms with E-state index >= 15 is 0 Å². The van der Waals surface area contributed by atoms with Crippen LogP contribution in [0.4, 0.5) is 15.8 Å². The molecule has 156 valence electrons. The Bertz CT molecular complexity index is 1340. The van der Waals surface area contributed by atoms with Crippen molar-refractivity contribution in [2.24, 2.45) is 0 Å². The van der Waals surface area contributed by atoms with Crippen molar-refractivity contribution in [3.05, 3.63) is 58.8 Å². The number of H-pyrrole nitrogens is 1. The van der Waals surface area contributed by atoms with E-state index in [0.717, 1.165) is 5.69 Å². The number of anilines is 2. The minimum Gasteiger partial charge on any atom is -0.467 e. The molecule has 4 aromatic rings. The summed E-state index contributed by atoms with van der Waals surface area (Å²) in [5.41, 5.74) is 4.07. The van der Waals surface area contributed by atoms with Gasteiger partial charge in [-0.3, -0.25) is 9.78 Å². The summed E-state index contributed by atoms with van der Waals surface area (Å²) >= 11 is 5.95. The highest BCUT2D eigenvalue weighted by Gasteiger charge is 2.28. The topological polar surface area (TPSA) is 105 Å². The van der Waals surface area contributed by atoms with Crippen molar-refractivity contribution in [2.75, 3.05) is 19.0 Å². The Balaban J connectivity index is 1.76. The number of nitrogens with zero attached hydrogens (tertiary/aromatic N) is 3. The minimum absolute atomic E-state index is 0.0211. The van der Waals surface area contributed by atoms with Crippen LogP contribution in [-0.2, 0) is 6.42 Å². The number of hydrogen-bond acceptors (Lipinski definition) is 6. The highest BCUT2D eigenvalue weighted by molar-refractivity contribution is 6.31. The number of carbonyl (C=O) groups excluding carboxylic acids is 1. The fraction of sp³-hybridized carbons (Fsp3) is 0.143. The quantitative estimate of drug-likeness (QED) is 0.447. The Kier molecular flexibility index (Phi) is 4.67. The third-order valence-corrected chi connectivity index (χ3v) is 5.38. The van der Waals surface area contributed by atoms with Crippen LogP contribution in [0.1, 0.15) is 16.1 Å². The molecule has 0 unspecified atom stereocenters. The first-order chi connectivity index (χ1) is 15.1. The van der Waals surface area contributed by atoms with Gasteiger partial charge in [0.15, 0.2) is 5.82 Å². The molecular formula is C21H16ClFN6O2. The number of ether oxygens (including phenoxy) is 1. The molecule has 8 nitrogen and oxygen atoms in total. The van der Waals surface area contributed by atoms with Gasteiger partial charge in [0.1, 0.15) is 11.0 Å². The van der Waals surface area contributed by atoms with Gasteiger partial charge in [-0.25, -0.2) is 9.37 Å². The zero-order chi connectivity index (χ0) is 21.5. The van der Waals surface area contributed by atoms with Crippen molar-refractivity contribution >= 4 is 39.9 Å². The smallest absolute Gasteiger partial charge is 0.316 e. The molecule has 3 aromatic heterocycles.